The Morgan fingerprint density at radius 1 is 1.21 bits per heavy atom. The fraction of sp³-hybridized carbons (Fsp3) is 0.609. The minimum Gasteiger partial charge on any atom is -0.352 e. The Bertz CT molecular complexity index is 958. The second-order valence-corrected chi connectivity index (χ2v) is 9.72. The Labute approximate surface area is 165 Å². The van der Waals surface area contributed by atoms with E-state index in [4.69, 9.17) is 0 Å². The summed E-state index contributed by atoms with van der Waals surface area (Å²) in [6, 6.07) is 5.75. The van der Waals surface area contributed by atoms with E-state index in [2.05, 4.69) is 17.2 Å². The number of para-hydroxylation sites is 1. The van der Waals surface area contributed by atoms with Crippen LogP contribution in [-0.4, -0.2) is 21.5 Å². The number of carbonyl (C=O) groups is 1. The average Bonchev–Trinajstić information content (AvgIpc) is 2.63. The van der Waals surface area contributed by atoms with Gasteiger partial charge in [-0.2, -0.15) is 0 Å². The zero-order chi connectivity index (χ0) is 19.5. The summed E-state index contributed by atoms with van der Waals surface area (Å²) in [5.74, 6) is 2.50. The van der Waals surface area contributed by atoms with Crippen LogP contribution in [-0.2, 0) is 11.3 Å². The van der Waals surface area contributed by atoms with Gasteiger partial charge in [-0.1, -0.05) is 12.1 Å². The Morgan fingerprint density at radius 3 is 2.50 bits per heavy atom. The van der Waals surface area contributed by atoms with E-state index in [0.29, 0.717) is 10.9 Å². The normalized spacial score (nSPS) is 31.9. The number of aryl methyl sites for hydroxylation is 1. The van der Waals surface area contributed by atoms with Crippen molar-refractivity contribution < 1.29 is 4.79 Å². The van der Waals surface area contributed by atoms with E-state index in [1.54, 1.807) is 6.07 Å². The predicted octanol–water partition coefficient (Wildman–Crippen LogP) is 3.43. The van der Waals surface area contributed by atoms with Gasteiger partial charge >= 0.3 is 0 Å². The second kappa shape index (κ2) is 6.43. The minimum absolute atomic E-state index is 0.0341. The Kier molecular flexibility index (Phi) is 4.11. The molecule has 1 aromatic carbocycles. The number of rotatable bonds is 4. The highest BCUT2D eigenvalue weighted by atomic mass is 16.2. The molecule has 28 heavy (non-hydrogen) atoms. The molecule has 4 fully saturated rings. The topological polar surface area (TPSA) is 64.0 Å². The summed E-state index contributed by atoms with van der Waals surface area (Å²) in [5.41, 5.74) is 1.81. The number of aromatic nitrogens is 2. The molecule has 1 atom stereocenters. The van der Waals surface area contributed by atoms with Gasteiger partial charge in [-0.25, -0.2) is 4.98 Å². The maximum absolute atomic E-state index is 12.8. The molecular weight excluding hydrogens is 350 g/mol. The summed E-state index contributed by atoms with van der Waals surface area (Å²) in [5, 5.41) is 3.82. The van der Waals surface area contributed by atoms with E-state index in [1.807, 2.05) is 19.1 Å². The van der Waals surface area contributed by atoms with Crippen LogP contribution in [0.3, 0.4) is 0 Å². The number of benzene rings is 1. The second-order valence-electron chi connectivity index (χ2n) is 9.72. The van der Waals surface area contributed by atoms with Gasteiger partial charge in [0.2, 0.25) is 5.91 Å². The van der Waals surface area contributed by atoms with Crippen LogP contribution < -0.4 is 10.9 Å². The summed E-state index contributed by atoms with van der Waals surface area (Å²) >= 11 is 0. The maximum atomic E-state index is 12.8. The number of carbonyl (C=O) groups excluding carboxylic acids is 1. The van der Waals surface area contributed by atoms with Gasteiger partial charge in [-0.05, 0) is 87.2 Å². The van der Waals surface area contributed by atoms with Crippen molar-refractivity contribution in [2.24, 2.45) is 23.2 Å². The van der Waals surface area contributed by atoms with Crippen LogP contribution in [0.1, 0.15) is 51.0 Å². The lowest BCUT2D eigenvalue weighted by molar-refractivity contribution is -0.126. The molecule has 0 spiro atoms. The van der Waals surface area contributed by atoms with Gasteiger partial charge in [0, 0.05) is 6.04 Å². The Hall–Kier alpha value is -2.17. The van der Waals surface area contributed by atoms with Crippen LogP contribution in [0.4, 0.5) is 0 Å². The first-order valence-corrected chi connectivity index (χ1v) is 10.7. The predicted molar refractivity (Wildman–Crippen MR) is 109 cm³/mol. The van der Waals surface area contributed by atoms with Crippen LogP contribution in [0, 0.1) is 30.1 Å². The summed E-state index contributed by atoms with van der Waals surface area (Å²) in [7, 11) is 0. The molecule has 5 nitrogen and oxygen atoms in total. The standard InChI is InChI=1S/C23H29N3O2/c1-14-4-3-5-19-21(14)24-13-26(22(19)28)12-20(27)25-15(2)23-9-16-6-17(10-23)8-18(7-16)11-23/h3-5,13,15-18H,6-12H2,1-2H3,(H,25,27). The summed E-state index contributed by atoms with van der Waals surface area (Å²) in [4.78, 5) is 30.0. The fourth-order valence-corrected chi connectivity index (χ4v) is 6.75. The lowest BCUT2D eigenvalue weighted by atomic mass is 9.48. The third-order valence-corrected chi connectivity index (χ3v) is 7.75. The molecule has 1 aromatic heterocycles. The average molecular weight is 380 g/mol. The first-order chi connectivity index (χ1) is 13.4. The molecule has 148 valence electrons. The van der Waals surface area contributed by atoms with Gasteiger partial charge in [0.05, 0.1) is 17.2 Å². The van der Waals surface area contributed by atoms with E-state index >= 15 is 0 Å². The number of hydrogen-bond donors (Lipinski definition) is 1. The van der Waals surface area contributed by atoms with Crippen molar-refractivity contribution in [3.8, 4) is 0 Å². The fourth-order valence-electron chi connectivity index (χ4n) is 6.75. The van der Waals surface area contributed by atoms with E-state index in [9.17, 15) is 9.59 Å². The van der Waals surface area contributed by atoms with Crippen molar-refractivity contribution in [2.45, 2.75) is 65.0 Å². The van der Waals surface area contributed by atoms with Gasteiger partial charge in [-0.3, -0.25) is 14.2 Å². The van der Waals surface area contributed by atoms with Gasteiger partial charge in [0.1, 0.15) is 6.54 Å². The number of amides is 1. The SMILES string of the molecule is Cc1cccc2c(=O)n(CC(=O)NC(C)C34CC5CC(CC(C5)C3)C4)cnc12. The number of nitrogens with one attached hydrogen (secondary N) is 1. The summed E-state index contributed by atoms with van der Waals surface area (Å²) < 4.78 is 1.43. The molecule has 2 aromatic rings. The molecule has 4 aliphatic carbocycles. The number of fused-ring (bicyclic) bond motifs is 1. The van der Waals surface area contributed by atoms with Crippen molar-refractivity contribution >= 4 is 16.8 Å². The highest BCUT2D eigenvalue weighted by molar-refractivity contribution is 5.81. The molecule has 1 N–H and O–H groups in total. The minimum atomic E-state index is -0.147. The lowest BCUT2D eigenvalue weighted by Crippen LogP contribution is -2.56. The van der Waals surface area contributed by atoms with Crippen molar-refractivity contribution in [1.82, 2.24) is 14.9 Å². The lowest BCUT2D eigenvalue weighted by Gasteiger charge is -2.59. The third-order valence-electron chi connectivity index (χ3n) is 7.75. The molecular formula is C23H29N3O2. The van der Waals surface area contributed by atoms with E-state index in [-0.39, 0.29) is 29.5 Å². The van der Waals surface area contributed by atoms with Gasteiger partial charge in [0.15, 0.2) is 0 Å². The maximum Gasteiger partial charge on any atom is 0.261 e. The molecule has 6 rings (SSSR count). The smallest absolute Gasteiger partial charge is 0.261 e. The van der Waals surface area contributed by atoms with Crippen LogP contribution in [0.5, 0.6) is 0 Å². The molecule has 4 bridgehead atoms. The van der Waals surface area contributed by atoms with E-state index in [1.165, 1.54) is 49.4 Å². The molecule has 0 radical (unpaired) electrons. The summed E-state index contributed by atoms with van der Waals surface area (Å²) in [6.07, 6.45) is 9.49. The van der Waals surface area contributed by atoms with E-state index in [0.717, 1.165) is 23.3 Å². The molecule has 4 aliphatic rings. The zero-order valence-corrected chi connectivity index (χ0v) is 16.8. The van der Waals surface area contributed by atoms with Crippen LogP contribution >= 0.6 is 0 Å². The van der Waals surface area contributed by atoms with Crippen molar-refractivity contribution in [1.29, 1.82) is 0 Å². The Morgan fingerprint density at radius 2 is 1.86 bits per heavy atom. The largest absolute Gasteiger partial charge is 0.352 e. The summed E-state index contributed by atoms with van der Waals surface area (Å²) in [6.45, 7) is 4.15. The van der Waals surface area contributed by atoms with Crippen molar-refractivity contribution in [3.05, 3.63) is 40.4 Å². The van der Waals surface area contributed by atoms with Crippen LogP contribution in [0.25, 0.3) is 10.9 Å². The molecule has 1 unspecified atom stereocenters. The molecule has 0 aliphatic heterocycles. The number of nitrogens with zero attached hydrogens (tertiary/aromatic N) is 2. The highest BCUT2D eigenvalue weighted by Crippen LogP contribution is 2.61. The van der Waals surface area contributed by atoms with Crippen LogP contribution in [0.2, 0.25) is 0 Å². The number of hydrogen-bond acceptors (Lipinski definition) is 3. The molecule has 1 amide bonds. The first-order valence-electron chi connectivity index (χ1n) is 10.7. The molecule has 1 heterocycles. The highest BCUT2D eigenvalue weighted by Gasteiger charge is 2.53. The van der Waals surface area contributed by atoms with Crippen molar-refractivity contribution in [3.63, 3.8) is 0 Å². The molecule has 5 heteroatoms. The van der Waals surface area contributed by atoms with E-state index < -0.39 is 0 Å². The zero-order valence-electron chi connectivity index (χ0n) is 16.8. The van der Waals surface area contributed by atoms with Crippen molar-refractivity contribution in [2.75, 3.05) is 0 Å². The third kappa shape index (κ3) is 2.87. The van der Waals surface area contributed by atoms with Crippen LogP contribution in [0.15, 0.2) is 29.3 Å². The Balaban J connectivity index is 1.32. The quantitative estimate of drug-likeness (QED) is 0.885. The van der Waals surface area contributed by atoms with Gasteiger partial charge in [0.25, 0.3) is 5.56 Å². The van der Waals surface area contributed by atoms with Gasteiger partial charge < -0.3 is 5.32 Å². The monoisotopic (exact) mass is 379 g/mol. The molecule has 0 saturated heterocycles. The molecule has 4 saturated carbocycles. The first kappa shape index (κ1) is 17.9. The van der Waals surface area contributed by atoms with Gasteiger partial charge in [-0.15, -0.1) is 0 Å².